The van der Waals surface area contributed by atoms with E-state index in [1.165, 1.54) is 30.7 Å². The van der Waals surface area contributed by atoms with Gasteiger partial charge in [-0.3, -0.25) is 0 Å². The van der Waals surface area contributed by atoms with Crippen LogP contribution in [0.15, 0.2) is 41.4 Å². The summed E-state index contributed by atoms with van der Waals surface area (Å²) in [7, 11) is -0.598. The molecule has 0 saturated carbocycles. The molecule has 2 aromatic rings. The number of anilines is 1. The smallest absolute Gasteiger partial charge is 0.243 e. The molecule has 1 aliphatic heterocycles. The maximum absolute atomic E-state index is 12.9. The molecule has 0 aliphatic carbocycles. The summed E-state index contributed by atoms with van der Waals surface area (Å²) in [5.74, 6) is 1.64. The number of rotatable bonds is 5. The van der Waals surface area contributed by atoms with Crippen molar-refractivity contribution in [3.05, 3.63) is 36.5 Å². The number of aromatic nitrogens is 2. The van der Waals surface area contributed by atoms with Crippen molar-refractivity contribution in [1.29, 1.82) is 0 Å². The van der Waals surface area contributed by atoms with Gasteiger partial charge < -0.3 is 14.4 Å². The zero-order valence-corrected chi connectivity index (χ0v) is 14.9. The summed E-state index contributed by atoms with van der Waals surface area (Å²) < 4.78 is 37.6. The SMILES string of the molecule is COc1ccc(S(=O)(=O)N2CCN(c3cccnn3)CC2)cc1OC. The van der Waals surface area contributed by atoms with E-state index in [0.717, 1.165) is 5.82 Å². The Labute approximate surface area is 147 Å². The van der Waals surface area contributed by atoms with Crippen molar-refractivity contribution in [1.82, 2.24) is 14.5 Å². The molecule has 0 atom stereocenters. The highest BCUT2D eigenvalue weighted by atomic mass is 32.2. The minimum absolute atomic E-state index is 0.193. The minimum Gasteiger partial charge on any atom is -0.493 e. The summed E-state index contributed by atoms with van der Waals surface area (Å²) in [5, 5.41) is 7.93. The Morgan fingerprint density at radius 2 is 1.72 bits per heavy atom. The van der Waals surface area contributed by atoms with Crippen LogP contribution in [-0.2, 0) is 10.0 Å². The Kier molecular flexibility index (Phi) is 5.05. The predicted molar refractivity (Wildman–Crippen MR) is 92.5 cm³/mol. The van der Waals surface area contributed by atoms with Gasteiger partial charge in [0, 0.05) is 38.4 Å². The number of sulfonamides is 1. The molecule has 1 aliphatic rings. The number of hydrogen-bond donors (Lipinski definition) is 0. The van der Waals surface area contributed by atoms with Crippen molar-refractivity contribution < 1.29 is 17.9 Å². The van der Waals surface area contributed by atoms with Gasteiger partial charge in [-0.25, -0.2) is 8.42 Å². The van der Waals surface area contributed by atoms with E-state index >= 15 is 0 Å². The monoisotopic (exact) mass is 364 g/mol. The van der Waals surface area contributed by atoms with Crippen molar-refractivity contribution in [2.24, 2.45) is 0 Å². The Balaban J connectivity index is 1.76. The van der Waals surface area contributed by atoms with Crippen LogP contribution in [0.1, 0.15) is 0 Å². The molecule has 0 spiro atoms. The van der Waals surface area contributed by atoms with Crippen LogP contribution < -0.4 is 14.4 Å². The van der Waals surface area contributed by atoms with Crippen LogP contribution in [0.3, 0.4) is 0 Å². The first-order valence-corrected chi connectivity index (χ1v) is 9.25. The van der Waals surface area contributed by atoms with E-state index in [0.29, 0.717) is 37.7 Å². The van der Waals surface area contributed by atoms with Crippen LogP contribution in [-0.4, -0.2) is 63.3 Å². The molecule has 8 nitrogen and oxygen atoms in total. The lowest BCUT2D eigenvalue weighted by Crippen LogP contribution is -2.48. The average molecular weight is 364 g/mol. The molecule has 9 heteroatoms. The second-order valence-electron chi connectivity index (χ2n) is 5.49. The van der Waals surface area contributed by atoms with Gasteiger partial charge in [0.2, 0.25) is 10.0 Å². The molecule has 1 aromatic heterocycles. The van der Waals surface area contributed by atoms with E-state index in [2.05, 4.69) is 10.2 Å². The predicted octanol–water partition coefficient (Wildman–Crippen LogP) is 1.00. The number of nitrogens with zero attached hydrogens (tertiary/aromatic N) is 4. The number of methoxy groups -OCH3 is 2. The Morgan fingerprint density at radius 1 is 1.00 bits per heavy atom. The average Bonchev–Trinajstić information content (AvgIpc) is 2.68. The van der Waals surface area contributed by atoms with Crippen molar-refractivity contribution in [3.8, 4) is 11.5 Å². The van der Waals surface area contributed by atoms with Gasteiger partial charge in [-0.1, -0.05) is 0 Å². The second kappa shape index (κ2) is 7.24. The molecule has 1 aromatic carbocycles. The van der Waals surface area contributed by atoms with E-state index in [4.69, 9.17) is 9.47 Å². The summed E-state index contributed by atoms with van der Waals surface area (Å²) in [6, 6.07) is 8.30. The van der Waals surface area contributed by atoms with Gasteiger partial charge in [0.1, 0.15) is 0 Å². The summed E-state index contributed by atoms with van der Waals surface area (Å²) in [6.45, 7) is 1.89. The largest absolute Gasteiger partial charge is 0.493 e. The highest BCUT2D eigenvalue weighted by Crippen LogP contribution is 2.31. The molecule has 0 amide bonds. The molecule has 134 valence electrons. The van der Waals surface area contributed by atoms with Crippen LogP contribution >= 0.6 is 0 Å². The molecule has 1 fully saturated rings. The minimum atomic E-state index is -3.59. The molecule has 0 bridgehead atoms. The molecule has 3 rings (SSSR count). The topological polar surface area (TPSA) is 84.9 Å². The Morgan fingerprint density at radius 3 is 2.32 bits per heavy atom. The lowest BCUT2D eigenvalue weighted by atomic mass is 10.3. The van der Waals surface area contributed by atoms with Crippen LogP contribution in [0, 0.1) is 0 Å². The fraction of sp³-hybridized carbons (Fsp3) is 0.375. The fourth-order valence-corrected chi connectivity index (χ4v) is 4.18. The highest BCUT2D eigenvalue weighted by Gasteiger charge is 2.29. The van der Waals surface area contributed by atoms with E-state index in [9.17, 15) is 8.42 Å². The molecular weight excluding hydrogens is 344 g/mol. The van der Waals surface area contributed by atoms with E-state index in [-0.39, 0.29) is 4.90 Å². The molecule has 1 saturated heterocycles. The third-order valence-electron chi connectivity index (χ3n) is 4.11. The molecule has 0 N–H and O–H groups in total. The zero-order chi connectivity index (χ0) is 17.9. The van der Waals surface area contributed by atoms with Crippen LogP contribution in [0.5, 0.6) is 11.5 Å². The summed E-state index contributed by atoms with van der Waals surface area (Å²) in [6.07, 6.45) is 1.61. The van der Waals surface area contributed by atoms with Crippen molar-refractivity contribution in [2.75, 3.05) is 45.3 Å². The Bertz CT molecular complexity index is 821. The molecule has 0 radical (unpaired) electrons. The van der Waals surface area contributed by atoms with Crippen molar-refractivity contribution >= 4 is 15.8 Å². The molecular formula is C16H20N4O4S. The third kappa shape index (κ3) is 3.52. The van der Waals surface area contributed by atoms with Gasteiger partial charge in [0.15, 0.2) is 17.3 Å². The van der Waals surface area contributed by atoms with E-state index in [1.807, 2.05) is 17.0 Å². The molecule has 2 heterocycles. The maximum Gasteiger partial charge on any atom is 0.243 e. The summed E-state index contributed by atoms with van der Waals surface area (Å²) in [4.78, 5) is 2.21. The lowest BCUT2D eigenvalue weighted by Gasteiger charge is -2.34. The lowest BCUT2D eigenvalue weighted by molar-refractivity contribution is 0.353. The maximum atomic E-state index is 12.9. The van der Waals surface area contributed by atoms with E-state index in [1.54, 1.807) is 12.3 Å². The van der Waals surface area contributed by atoms with Crippen LogP contribution in [0.4, 0.5) is 5.82 Å². The number of hydrogen-bond acceptors (Lipinski definition) is 7. The summed E-state index contributed by atoms with van der Waals surface area (Å²) in [5.41, 5.74) is 0. The normalized spacial score (nSPS) is 15.8. The number of piperazine rings is 1. The van der Waals surface area contributed by atoms with Crippen LogP contribution in [0.2, 0.25) is 0 Å². The van der Waals surface area contributed by atoms with Crippen molar-refractivity contribution in [2.45, 2.75) is 4.90 Å². The second-order valence-corrected chi connectivity index (χ2v) is 7.43. The molecule has 0 unspecified atom stereocenters. The standard InChI is InChI=1S/C16H20N4O4S/c1-23-14-6-5-13(12-15(14)24-2)25(21,22)20-10-8-19(9-11-20)16-4-3-7-17-18-16/h3-7,12H,8-11H2,1-2H3. The van der Waals surface area contributed by atoms with Gasteiger partial charge in [-0.2, -0.15) is 9.40 Å². The first kappa shape index (κ1) is 17.4. The Hall–Kier alpha value is -2.39. The number of ether oxygens (including phenoxy) is 2. The zero-order valence-electron chi connectivity index (χ0n) is 14.1. The third-order valence-corrected chi connectivity index (χ3v) is 6.01. The first-order valence-electron chi connectivity index (χ1n) is 7.81. The first-order chi connectivity index (χ1) is 12.1. The van der Waals surface area contributed by atoms with Gasteiger partial charge in [0.25, 0.3) is 0 Å². The van der Waals surface area contributed by atoms with Gasteiger partial charge >= 0.3 is 0 Å². The number of benzene rings is 1. The summed E-state index contributed by atoms with van der Waals surface area (Å²) >= 11 is 0. The quantitative estimate of drug-likeness (QED) is 0.782. The van der Waals surface area contributed by atoms with Crippen molar-refractivity contribution in [3.63, 3.8) is 0 Å². The fourth-order valence-electron chi connectivity index (χ4n) is 2.75. The van der Waals surface area contributed by atoms with E-state index < -0.39 is 10.0 Å². The molecule has 25 heavy (non-hydrogen) atoms. The van der Waals surface area contributed by atoms with Crippen LogP contribution in [0.25, 0.3) is 0 Å². The van der Waals surface area contributed by atoms with Gasteiger partial charge in [-0.05, 0) is 24.3 Å². The van der Waals surface area contributed by atoms with Gasteiger partial charge in [-0.15, -0.1) is 5.10 Å². The van der Waals surface area contributed by atoms with Gasteiger partial charge in [0.05, 0.1) is 19.1 Å². The highest BCUT2D eigenvalue weighted by molar-refractivity contribution is 7.89.